The van der Waals surface area contributed by atoms with Crippen LogP contribution in [0.3, 0.4) is 0 Å². The Morgan fingerprint density at radius 3 is 2.28 bits per heavy atom. The van der Waals surface area contributed by atoms with Crippen LogP contribution in [-0.2, 0) is 14.8 Å². The van der Waals surface area contributed by atoms with Gasteiger partial charge in [0.05, 0.1) is 4.90 Å². The van der Waals surface area contributed by atoms with Crippen LogP contribution in [0.1, 0.15) is 29.5 Å². The van der Waals surface area contributed by atoms with E-state index in [-0.39, 0.29) is 10.8 Å². The quantitative estimate of drug-likeness (QED) is 0.632. The van der Waals surface area contributed by atoms with E-state index in [9.17, 15) is 13.2 Å². The van der Waals surface area contributed by atoms with Gasteiger partial charge in [-0.15, -0.1) is 0 Å². The largest absolute Gasteiger partial charge is 0.354 e. The first-order valence-electron chi connectivity index (χ1n) is 8.86. The van der Waals surface area contributed by atoms with Crippen LogP contribution < -0.4 is 10.0 Å². The van der Waals surface area contributed by atoms with Crippen molar-refractivity contribution in [3.63, 3.8) is 0 Å². The van der Waals surface area contributed by atoms with Gasteiger partial charge in [-0.05, 0) is 49.8 Å². The van der Waals surface area contributed by atoms with Crippen molar-refractivity contribution in [2.24, 2.45) is 0 Å². The molecule has 1 heterocycles. The fourth-order valence-electron chi connectivity index (χ4n) is 2.59. The number of aryl methyl sites for hydroxylation is 2. The number of benzene rings is 2. The Labute approximate surface area is 169 Å². The Morgan fingerprint density at radius 1 is 1.00 bits per heavy atom. The Morgan fingerprint density at radius 2 is 1.66 bits per heavy atom. The van der Waals surface area contributed by atoms with Gasteiger partial charge in [-0.3, -0.25) is 9.52 Å². The van der Waals surface area contributed by atoms with Crippen LogP contribution in [0.4, 0.5) is 11.4 Å². The molecule has 0 aliphatic heterocycles. The number of hydrogen-bond donors (Lipinski definition) is 2. The molecule has 2 aromatic carbocycles. The maximum absolute atomic E-state index is 12.5. The lowest BCUT2D eigenvalue weighted by Crippen LogP contribution is -2.12. The van der Waals surface area contributed by atoms with Crippen molar-refractivity contribution in [2.75, 3.05) is 10.0 Å². The first kappa shape index (κ1) is 20.3. The Kier molecular flexibility index (Phi) is 5.84. The third kappa shape index (κ3) is 5.11. The molecular formula is C21H21N3O4S. The maximum atomic E-state index is 12.5. The molecule has 0 radical (unpaired) electrons. The number of carbonyl (C=O) groups is 1. The van der Waals surface area contributed by atoms with Gasteiger partial charge in [0.2, 0.25) is 5.91 Å². The van der Waals surface area contributed by atoms with Crippen LogP contribution in [0.2, 0.25) is 0 Å². The summed E-state index contributed by atoms with van der Waals surface area (Å²) < 4.78 is 32.8. The summed E-state index contributed by atoms with van der Waals surface area (Å²) >= 11 is 0. The van der Waals surface area contributed by atoms with Gasteiger partial charge in [0, 0.05) is 12.6 Å². The maximum Gasteiger partial charge on any atom is 0.261 e. The molecule has 0 bridgehead atoms. The highest BCUT2D eigenvalue weighted by molar-refractivity contribution is 7.92. The molecule has 0 unspecified atom stereocenters. The number of anilines is 2. The molecule has 0 aliphatic carbocycles. The topological polar surface area (TPSA) is 101 Å². The number of rotatable bonds is 6. The molecule has 7 nitrogen and oxygen atoms in total. The number of sulfonamides is 1. The van der Waals surface area contributed by atoms with Crippen molar-refractivity contribution in [1.29, 1.82) is 0 Å². The van der Waals surface area contributed by atoms with Crippen molar-refractivity contribution >= 4 is 39.5 Å². The molecule has 1 amide bonds. The summed E-state index contributed by atoms with van der Waals surface area (Å²) in [6.07, 6.45) is 3.41. The summed E-state index contributed by atoms with van der Waals surface area (Å²) in [5.41, 5.74) is 3.40. The molecule has 150 valence electrons. The van der Waals surface area contributed by atoms with Crippen molar-refractivity contribution in [3.8, 4) is 0 Å². The van der Waals surface area contributed by atoms with Gasteiger partial charge in [-0.1, -0.05) is 41.1 Å². The molecule has 29 heavy (non-hydrogen) atoms. The first-order valence-corrected chi connectivity index (χ1v) is 10.3. The summed E-state index contributed by atoms with van der Waals surface area (Å²) in [6, 6.07) is 13.5. The number of nitrogens with one attached hydrogen (secondary N) is 2. The predicted octanol–water partition coefficient (Wildman–Crippen LogP) is 4.22. The third-order valence-corrected chi connectivity index (χ3v) is 5.51. The monoisotopic (exact) mass is 411 g/mol. The van der Waals surface area contributed by atoms with Gasteiger partial charge in [-0.2, -0.15) is 0 Å². The van der Waals surface area contributed by atoms with E-state index in [0.717, 1.165) is 11.1 Å². The fourth-order valence-corrected chi connectivity index (χ4v) is 3.65. The van der Waals surface area contributed by atoms with E-state index in [0.29, 0.717) is 22.8 Å². The molecule has 1 aromatic heterocycles. The minimum atomic E-state index is -3.68. The summed E-state index contributed by atoms with van der Waals surface area (Å²) in [5.74, 6) is 0.192. The van der Waals surface area contributed by atoms with Crippen LogP contribution in [-0.4, -0.2) is 19.5 Å². The van der Waals surface area contributed by atoms with Crippen LogP contribution in [0.15, 0.2) is 57.9 Å². The minimum absolute atomic E-state index is 0.157. The standard InChI is InChI=1S/C21H21N3O4S/c1-14-4-9-18(10-5-14)24-29(26,27)19-11-6-17(7-12-19)8-13-20-21(22-16(3)25)15(2)23-28-20/h4-13,24H,1-3H3,(H,22,25). The Bertz CT molecular complexity index is 1150. The first-order chi connectivity index (χ1) is 13.7. The molecule has 0 spiro atoms. The fraction of sp³-hybridized carbons (Fsp3) is 0.143. The smallest absolute Gasteiger partial charge is 0.261 e. The molecule has 2 N–H and O–H groups in total. The van der Waals surface area contributed by atoms with Crippen LogP contribution in [0.5, 0.6) is 0 Å². The lowest BCUT2D eigenvalue weighted by molar-refractivity contribution is -0.114. The lowest BCUT2D eigenvalue weighted by atomic mass is 10.2. The van der Waals surface area contributed by atoms with Gasteiger partial charge in [0.1, 0.15) is 11.4 Å². The molecule has 0 saturated heterocycles. The second kappa shape index (κ2) is 8.32. The van der Waals surface area contributed by atoms with Gasteiger partial charge in [0.15, 0.2) is 5.76 Å². The number of hydrogen-bond acceptors (Lipinski definition) is 5. The Balaban J connectivity index is 1.75. The summed E-state index contributed by atoms with van der Waals surface area (Å²) in [5, 5.41) is 6.52. The SMILES string of the molecule is CC(=O)Nc1c(C)noc1C=Cc1ccc(S(=O)(=O)Nc2ccc(C)cc2)cc1. The predicted molar refractivity (Wildman–Crippen MR) is 113 cm³/mol. The molecule has 3 aromatic rings. The number of amides is 1. The van der Waals surface area contributed by atoms with Gasteiger partial charge in [0.25, 0.3) is 10.0 Å². The molecular weight excluding hydrogens is 390 g/mol. The molecule has 3 rings (SSSR count). The van der Waals surface area contributed by atoms with Crippen molar-refractivity contribution in [1.82, 2.24) is 5.16 Å². The lowest BCUT2D eigenvalue weighted by Gasteiger charge is -2.08. The zero-order chi connectivity index (χ0) is 21.0. The van der Waals surface area contributed by atoms with E-state index in [2.05, 4.69) is 15.2 Å². The van der Waals surface area contributed by atoms with E-state index in [4.69, 9.17) is 4.52 Å². The molecule has 0 aliphatic rings. The van der Waals surface area contributed by atoms with E-state index in [1.807, 2.05) is 19.1 Å². The second-order valence-corrected chi connectivity index (χ2v) is 8.24. The zero-order valence-corrected chi connectivity index (χ0v) is 17.1. The van der Waals surface area contributed by atoms with Crippen LogP contribution in [0.25, 0.3) is 12.2 Å². The van der Waals surface area contributed by atoms with Gasteiger partial charge < -0.3 is 9.84 Å². The minimum Gasteiger partial charge on any atom is -0.354 e. The molecule has 0 fully saturated rings. The highest BCUT2D eigenvalue weighted by atomic mass is 32.2. The highest BCUT2D eigenvalue weighted by Crippen LogP contribution is 2.23. The van der Waals surface area contributed by atoms with Gasteiger partial charge >= 0.3 is 0 Å². The van der Waals surface area contributed by atoms with E-state index < -0.39 is 10.0 Å². The number of aromatic nitrogens is 1. The van der Waals surface area contributed by atoms with Crippen LogP contribution >= 0.6 is 0 Å². The average molecular weight is 411 g/mol. The summed E-state index contributed by atoms with van der Waals surface area (Å²) in [4.78, 5) is 11.5. The van der Waals surface area contributed by atoms with E-state index >= 15 is 0 Å². The average Bonchev–Trinajstić information content (AvgIpc) is 3.01. The second-order valence-electron chi connectivity index (χ2n) is 6.56. The normalized spacial score (nSPS) is 11.6. The molecule has 0 atom stereocenters. The van der Waals surface area contributed by atoms with Gasteiger partial charge in [-0.25, -0.2) is 8.42 Å². The summed E-state index contributed by atoms with van der Waals surface area (Å²) in [7, 11) is -3.68. The molecule has 8 heteroatoms. The van der Waals surface area contributed by atoms with Crippen LogP contribution in [0, 0.1) is 13.8 Å². The van der Waals surface area contributed by atoms with Crippen molar-refractivity contribution < 1.29 is 17.7 Å². The molecule has 0 saturated carbocycles. The van der Waals surface area contributed by atoms with E-state index in [1.54, 1.807) is 43.3 Å². The Hall–Kier alpha value is -3.39. The highest BCUT2D eigenvalue weighted by Gasteiger charge is 2.14. The zero-order valence-electron chi connectivity index (χ0n) is 16.3. The van der Waals surface area contributed by atoms with Crippen molar-refractivity contribution in [3.05, 3.63) is 71.1 Å². The number of carbonyl (C=O) groups excluding carboxylic acids is 1. The number of nitrogens with zero attached hydrogens (tertiary/aromatic N) is 1. The summed E-state index contributed by atoms with van der Waals surface area (Å²) in [6.45, 7) is 5.07. The van der Waals surface area contributed by atoms with Crippen molar-refractivity contribution in [2.45, 2.75) is 25.7 Å². The third-order valence-electron chi connectivity index (χ3n) is 4.11. The van der Waals surface area contributed by atoms with E-state index in [1.165, 1.54) is 19.1 Å².